The lowest BCUT2D eigenvalue weighted by atomic mass is 10.2. The molecule has 0 aliphatic rings. The Morgan fingerprint density at radius 1 is 0.970 bits per heavy atom. The van der Waals surface area contributed by atoms with Gasteiger partial charge in [-0.15, -0.1) is 0 Å². The Morgan fingerprint density at radius 2 is 1.70 bits per heavy atom. The second-order valence-electron chi connectivity index (χ2n) is 7.16. The molecule has 3 aromatic carbocycles. The molecule has 0 bridgehead atoms. The molecule has 0 unspecified atom stereocenters. The summed E-state index contributed by atoms with van der Waals surface area (Å²) in [6, 6.07) is 25.4. The molecular weight excluding hydrogens is 548 g/mol. The van der Waals surface area contributed by atoms with E-state index >= 15 is 0 Å². The van der Waals surface area contributed by atoms with Crippen molar-refractivity contribution >= 4 is 44.0 Å². The number of ether oxygens (including phenoxy) is 1. The van der Waals surface area contributed by atoms with Gasteiger partial charge in [0.1, 0.15) is 12.4 Å². The van der Waals surface area contributed by atoms with Crippen molar-refractivity contribution in [3.8, 4) is 5.75 Å². The minimum absolute atomic E-state index is 0.262. The maximum Gasteiger partial charge on any atom is 0.293 e. The molecule has 8 heteroatoms. The van der Waals surface area contributed by atoms with Crippen molar-refractivity contribution in [1.29, 1.82) is 0 Å². The fraction of sp³-hybridized carbons (Fsp3) is 0.0800. The Kier molecular flexibility index (Phi) is 7.70. The number of halogens is 2. The number of benzene rings is 3. The fourth-order valence-corrected chi connectivity index (χ4v) is 3.84. The quantitative estimate of drug-likeness (QED) is 0.216. The molecule has 0 saturated heterocycles. The maximum atomic E-state index is 12.6. The highest BCUT2D eigenvalue weighted by molar-refractivity contribution is 9.10. The number of hydrogen-bond donors (Lipinski definition) is 1. The summed E-state index contributed by atoms with van der Waals surface area (Å²) >= 11 is 6.84. The van der Waals surface area contributed by atoms with Crippen LogP contribution in [0.1, 0.15) is 27.2 Å². The van der Waals surface area contributed by atoms with E-state index in [1.54, 1.807) is 17.1 Å². The highest BCUT2D eigenvalue weighted by Crippen LogP contribution is 2.19. The van der Waals surface area contributed by atoms with E-state index in [0.717, 1.165) is 21.2 Å². The summed E-state index contributed by atoms with van der Waals surface area (Å²) in [5.74, 6) is 0.273. The molecule has 0 atom stereocenters. The highest BCUT2D eigenvalue weighted by atomic mass is 79.9. The largest absolute Gasteiger partial charge is 0.488 e. The van der Waals surface area contributed by atoms with Crippen LogP contribution < -0.4 is 10.2 Å². The lowest BCUT2D eigenvalue weighted by Gasteiger charge is -2.08. The zero-order chi connectivity index (χ0) is 23.0. The van der Waals surface area contributed by atoms with Crippen LogP contribution in [-0.2, 0) is 13.2 Å². The first kappa shape index (κ1) is 22.9. The van der Waals surface area contributed by atoms with Crippen molar-refractivity contribution in [3.63, 3.8) is 0 Å². The average Bonchev–Trinajstić information content (AvgIpc) is 3.20. The van der Waals surface area contributed by atoms with Crippen molar-refractivity contribution in [2.75, 3.05) is 0 Å². The normalized spacial score (nSPS) is 11.0. The Hall–Kier alpha value is -3.23. The number of aromatic nitrogens is 2. The van der Waals surface area contributed by atoms with E-state index < -0.39 is 5.91 Å². The summed E-state index contributed by atoms with van der Waals surface area (Å²) < 4.78 is 9.24. The Morgan fingerprint density at radius 3 is 2.48 bits per heavy atom. The van der Waals surface area contributed by atoms with Crippen LogP contribution in [0, 0.1) is 0 Å². The van der Waals surface area contributed by atoms with Gasteiger partial charge in [0.25, 0.3) is 5.91 Å². The molecule has 1 aromatic heterocycles. The van der Waals surface area contributed by atoms with Gasteiger partial charge in [0.05, 0.1) is 17.2 Å². The molecule has 0 spiro atoms. The van der Waals surface area contributed by atoms with Crippen LogP contribution in [0.2, 0.25) is 0 Å². The molecule has 1 amide bonds. The second kappa shape index (κ2) is 11.1. The van der Waals surface area contributed by atoms with Crippen LogP contribution in [0.5, 0.6) is 5.75 Å². The molecule has 1 heterocycles. The predicted octanol–water partition coefficient (Wildman–Crippen LogP) is 5.80. The molecule has 33 heavy (non-hydrogen) atoms. The summed E-state index contributed by atoms with van der Waals surface area (Å²) in [4.78, 5) is 12.6. The molecule has 0 saturated carbocycles. The molecule has 1 N–H and O–H groups in total. The molecule has 0 aliphatic heterocycles. The number of amides is 1. The standard InChI is InChI=1S/C25H20Br2N4O2/c26-21-12-10-18(11-13-21)15-31-16-22(27)24(30-31)25(32)29-28-14-20-8-4-5-9-23(20)33-17-19-6-2-1-3-7-19/h1-14,16H,15,17H2,(H,29,32)/b28-14-. The van der Waals surface area contributed by atoms with Crippen molar-refractivity contribution < 1.29 is 9.53 Å². The van der Waals surface area contributed by atoms with E-state index in [4.69, 9.17) is 4.74 Å². The van der Waals surface area contributed by atoms with Crippen molar-refractivity contribution in [1.82, 2.24) is 15.2 Å². The molecule has 4 aromatic rings. The fourth-order valence-electron chi connectivity index (χ4n) is 3.08. The first-order valence-electron chi connectivity index (χ1n) is 10.1. The number of hydrazone groups is 1. The van der Waals surface area contributed by atoms with Gasteiger partial charge in [0.15, 0.2) is 5.69 Å². The zero-order valence-corrected chi connectivity index (χ0v) is 20.7. The maximum absolute atomic E-state index is 12.6. The van der Waals surface area contributed by atoms with Gasteiger partial charge in [0.2, 0.25) is 0 Å². The van der Waals surface area contributed by atoms with Crippen LogP contribution in [0.15, 0.2) is 99.1 Å². The summed E-state index contributed by atoms with van der Waals surface area (Å²) in [7, 11) is 0. The third kappa shape index (κ3) is 6.40. The number of hydrogen-bond acceptors (Lipinski definition) is 4. The van der Waals surface area contributed by atoms with E-state index in [1.165, 1.54) is 0 Å². The molecule has 4 rings (SSSR count). The number of para-hydroxylation sites is 1. The van der Waals surface area contributed by atoms with Gasteiger partial charge in [-0.3, -0.25) is 9.48 Å². The van der Waals surface area contributed by atoms with E-state index in [2.05, 4.69) is 47.5 Å². The number of rotatable bonds is 8. The van der Waals surface area contributed by atoms with Gasteiger partial charge in [-0.1, -0.05) is 70.5 Å². The Balaban J connectivity index is 1.38. The van der Waals surface area contributed by atoms with Gasteiger partial charge >= 0.3 is 0 Å². The molecular formula is C25H20Br2N4O2. The smallest absolute Gasteiger partial charge is 0.293 e. The second-order valence-corrected chi connectivity index (χ2v) is 8.93. The Bertz CT molecular complexity index is 1260. The average molecular weight is 568 g/mol. The van der Waals surface area contributed by atoms with Crippen LogP contribution in [0.3, 0.4) is 0 Å². The minimum Gasteiger partial charge on any atom is -0.488 e. The third-order valence-corrected chi connectivity index (χ3v) is 5.82. The summed E-state index contributed by atoms with van der Waals surface area (Å²) in [5.41, 5.74) is 5.70. The SMILES string of the molecule is O=C(N/N=C\c1ccccc1OCc1ccccc1)c1nn(Cc2ccc(Br)cc2)cc1Br. The van der Waals surface area contributed by atoms with E-state index in [1.807, 2.05) is 78.9 Å². The van der Waals surface area contributed by atoms with Crippen LogP contribution in [0.4, 0.5) is 0 Å². The number of carbonyl (C=O) groups is 1. The predicted molar refractivity (Wildman–Crippen MR) is 135 cm³/mol. The minimum atomic E-state index is -0.407. The lowest BCUT2D eigenvalue weighted by molar-refractivity contribution is 0.0948. The van der Waals surface area contributed by atoms with Gasteiger partial charge in [-0.2, -0.15) is 10.2 Å². The van der Waals surface area contributed by atoms with Crippen LogP contribution in [0.25, 0.3) is 0 Å². The molecule has 166 valence electrons. The van der Waals surface area contributed by atoms with Gasteiger partial charge < -0.3 is 4.74 Å². The highest BCUT2D eigenvalue weighted by Gasteiger charge is 2.15. The molecule has 0 fully saturated rings. The van der Waals surface area contributed by atoms with Gasteiger partial charge in [-0.25, -0.2) is 5.43 Å². The first-order chi connectivity index (χ1) is 16.1. The van der Waals surface area contributed by atoms with E-state index in [-0.39, 0.29) is 5.69 Å². The Labute approximate surface area is 208 Å². The zero-order valence-electron chi connectivity index (χ0n) is 17.5. The summed E-state index contributed by atoms with van der Waals surface area (Å²) in [5, 5.41) is 8.48. The van der Waals surface area contributed by atoms with E-state index in [9.17, 15) is 4.79 Å². The first-order valence-corrected chi connectivity index (χ1v) is 11.7. The van der Waals surface area contributed by atoms with Gasteiger partial charge in [-0.05, 0) is 51.3 Å². The summed E-state index contributed by atoms with van der Waals surface area (Å²) in [6.45, 7) is 0.995. The van der Waals surface area contributed by atoms with Crippen molar-refractivity contribution in [2.24, 2.45) is 5.10 Å². The topological polar surface area (TPSA) is 68.5 Å². The monoisotopic (exact) mass is 566 g/mol. The molecule has 0 aliphatic carbocycles. The number of carbonyl (C=O) groups excluding carboxylic acids is 1. The lowest BCUT2D eigenvalue weighted by Crippen LogP contribution is -2.19. The number of nitrogens with zero attached hydrogens (tertiary/aromatic N) is 3. The van der Waals surface area contributed by atoms with Crippen molar-refractivity contribution in [2.45, 2.75) is 13.2 Å². The molecule has 0 radical (unpaired) electrons. The van der Waals surface area contributed by atoms with Gasteiger partial charge in [0, 0.05) is 16.2 Å². The van der Waals surface area contributed by atoms with Crippen LogP contribution >= 0.6 is 31.9 Å². The van der Waals surface area contributed by atoms with Crippen LogP contribution in [-0.4, -0.2) is 21.9 Å². The number of nitrogens with one attached hydrogen (secondary N) is 1. The van der Waals surface area contributed by atoms with Crippen molar-refractivity contribution in [3.05, 3.63) is 116 Å². The summed E-state index contributed by atoms with van der Waals surface area (Å²) in [6.07, 6.45) is 3.33. The van der Waals surface area contributed by atoms with E-state index in [0.29, 0.717) is 23.4 Å². The third-order valence-electron chi connectivity index (χ3n) is 4.72. The molecule has 6 nitrogen and oxygen atoms in total.